The van der Waals surface area contributed by atoms with Gasteiger partial charge in [0.25, 0.3) is 0 Å². The molecule has 1 heterocycles. The van der Waals surface area contributed by atoms with Gasteiger partial charge in [0.05, 0.1) is 43.6 Å². The van der Waals surface area contributed by atoms with Crippen LogP contribution in [-0.4, -0.2) is 18.8 Å². The molecule has 0 unspecified atom stereocenters. The summed E-state index contributed by atoms with van der Waals surface area (Å²) in [7, 11) is 3.30. The van der Waals surface area contributed by atoms with Gasteiger partial charge in [-0.3, -0.25) is 0 Å². The van der Waals surface area contributed by atoms with Gasteiger partial charge in [-0.25, -0.2) is 0 Å². The zero-order chi connectivity index (χ0) is 17.1. The Morgan fingerprint density at radius 3 is 2.62 bits per heavy atom. The largest absolute Gasteiger partial charge is 0.497 e. The van der Waals surface area contributed by atoms with Crippen molar-refractivity contribution in [2.24, 2.45) is 3.21 Å². The van der Waals surface area contributed by atoms with Crippen LogP contribution in [0.4, 0.5) is 5.69 Å². The van der Waals surface area contributed by atoms with E-state index < -0.39 is 0 Å². The molecule has 2 N–H and O–H groups in total. The number of fused-ring (bicyclic) bond motifs is 1. The number of aromatic nitrogens is 1. The molecular weight excluding hydrogens is 417 g/mol. The average Bonchev–Trinajstić information content (AvgIpc) is 2.61. The SMILES string of the molecule is COc1ccc(Cn2ccc3ccc(N)cc3c2=NI)c(OC)c1. The maximum atomic E-state index is 5.94. The number of nitrogen functional groups attached to an aromatic ring is 1. The number of hydrogen-bond donors (Lipinski definition) is 1. The zero-order valence-corrected chi connectivity index (χ0v) is 15.6. The van der Waals surface area contributed by atoms with E-state index in [4.69, 9.17) is 15.2 Å². The van der Waals surface area contributed by atoms with Crippen LogP contribution in [-0.2, 0) is 6.54 Å². The molecule has 3 rings (SSSR count). The van der Waals surface area contributed by atoms with Crippen LogP contribution in [0.5, 0.6) is 11.5 Å². The molecule has 0 fully saturated rings. The monoisotopic (exact) mass is 435 g/mol. The molecule has 0 saturated heterocycles. The lowest BCUT2D eigenvalue weighted by atomic mass is 10.1. The van der Waals surface area contributed by atoms with Gasteiger partial charge >= 0.3 is 0 Å². The van der Waals surface area contributed by atoms with Gasteiger partial charge in [0.1, 0.15) is 17.0 Å². The topological polar surface area (TPSA) is 61.8 Å². The molecule has 2 aromatic carbocycles. The summed E-state index contributed by atoms with van der Waals surface area (Å²) in [5, 5.41) is 2.14. The molecule has 0 spiro atoms. The van der Waals surface area contributed by atoms with Crippen LogP contribution < -0.4 is 20.7 Å². The van der Waals surface area contributed by atoms with Gasteiger partial charge in [0.15, 0.2) is 0 Å². The Morgan fingerprint density at radius 1 is 1.08 bits per heavy atom. The fourth-order valence-electron chi connectivity index (χ4n) is 2.70. The first-order valence-electron chi connectivity index (χ1n) is 7.41. The van der Waals surface area contributed by atoms with Gasteiger partial charge in [0.2, 0.25) is 0 Å². The number of rotatable bonds is 4. The van der Waals surface area contributed by atoms with Crippen molar-refractivity contribution in [1.29, 1.82) is 0 Å². The maximum absolute atomic E-state index is 5.94. The van der Waals surface area contributed by atoms with Gasteiger partial charge in [0, 0.05) is 28.9 Å². The molecule has 0 saturated carbocycles. The molecule has 0 amide bonds. The van der Waals surface area contributed by atoms with E-state index in [1.54, 1.807) is 14.2 Å². The van der Waals surface area contributed by atoms with E-state index in [1.165, 1.54) is 0 Å². The van der Waals surface area contributed by atoms with Crippen molar-refractivity contribution in [3.05, 3.63) is 59.7 Å². The summed E-state index contributed by atoms with van der Waals surface area (Å²) in [5.41, 5.74) is 8.59. The first-order valence-corrected chi connectivity index (χ1v) is 8.37. The van der Waals surface area contributed by atoms with Crippen LogP contribution in [0.1, 0.15) is 5.56 Å². The minimum absolute atomic E-state index is 0.639. The van der Waals surface area contributed by atoms with Crippen LogP contribution >= 0.6 is 22.9 Å². The van der Waals surface area contributed by atoms with E-state index in [9.17, 15) is 0 Å². The number of benzene rings is 2. The predicted molar refractivity (Wildman–Crippen MR) is 105 cm³/mol. The molecule has 0 bridgehead atoms. The highest BCUT2D eigenvalue weighted by Crippen LogP contribution is 2.25. The first-order chi connectivity index (χ1) is 11.7. The molecule has 124 valence electrons. The third kappa shape index (κ3) is 3.19. The molecule has 3 aromatic rings. The Morgan fingerprint density at radius 2 is 1.92 bits per heavy atom. The van der Waals surface area contributed by atoms with Crippen molar-refractivity contribution < 1.29 is 9.47 Å². The van der Waals surface area contributed by atoms with Crippen LogP contribution in [0, 0.1) is 0 Å². The maximum Gasteiger partial charge on any atom is 0.147 e. The number of methoxy groups -OCH3 is 2. The predicted octanol–water partition coefficient (Wildman–Crippen LogP) is 3.54. The Hall–Kier alpha value is -2.22. The van der Waals surface area contributed by atoms with Crippen LogP contribution in [0.25, 0.3) is 10.8 Å². The van der Waals surface area contributed by atoms with Crippen molar-refractivity contribution in [3.8, 4) is 11.5 Å². The second kappa shape index (κ2) is 7.12. The smallest absolute Gasteiger partial charge is 0.147 e. The molecule has 5 nitrogen and oxygen atoms in total. The fraction of sp³-hybridized carbons (Fsp3) is 0.167. The summed E-state index contributed by atoms with van der Waals surface area (Å²) in [4.78, 5) is 0. The molecule has 24 heavy (non-hydrogen) atoms. The van der Waals surface area contributed by atoms with Crippen LogP contribution in [0.15, 0.2) is 51.9 Å². The second-order valence-corrected chi connectivity index (χ2v) is 5.86. The first kappa shape index (κ1) is 16.6. The summed E-state index contributed by atoms with van der Waals surface area (Å²) in [6.45, 7) is 0.639. The minimum atomic E-state index is 0.639. The highest BCUT2D eigenvalue weighted by atomic mass is 127. The number of nitrogens with zero attached hydrogens (tertiary/aromatic N) is 2. The van der Waals surface area contributed by atoms with Gasteiger partial charge in [-0.1, -0.05) is 6.07 Å². The summed E-state index contributed by atoms with van der Waals surface area (Å²) in [5.74, 6) is 1.56. The van der Waals surface area contributed by atoms with E-state index in [1.807, 2.05) is 65.5 Å². The van der Waals surface area contributed by atoms with Crippen molar-refractivity contribution in [2.75, 3.05) is 20.0 Å². The number of anilines is 1. The lowest BCUT2D eigenvalue weighted by molar-refractivity contribution is 0.390. The molecule has 0 atom stereocenters. The Balaban J connectivity index is 2.11. The zero-order valence-electron chi connectivity index (χ0n) is 13.5. The summed E-state index contributed by atoms with van der Waals surface area (Å²) >= 11 is 2.02. The molecule has 1 aromatic heterocycles. The van der Waals surface area contributed by atoms with E-state index in [0.717, 1.165) is 39.0 Å². The molecule has 0 aliphatic carbocycles. The number of halogens is 1. The highest BCUT2D eigenvalue weighted by molar-refractivity contribution is 14.1. The quantitative estimate of drug-likeness (QED) is 0.504. The van der Waals surface area contributed by atoms with Crippen molar-refractivity contribution in [3.63, 3.8) is 0 Å². The molecule has 0 radical (unpaired) electrons. The molecular formula is C18H18IN3O2. The lowest BCUT2D eigenvalue weighted by Gasteiger charge is -2.14. The molecule has 0 aliphatic rings. The van der Waals surface area contributed by atoms with E-state index in [-0.39, 0.29) is 0 Å². The number of ether oxygens (including phenoxy) is 2. The number of nitrogens with two attached hydrogens (primary N) is 1. The van der Waals surface area contributed by atoms with E-state index in [2.05, 4.69) is 13.8 Å². The number of pyridine rings is 1. The standard InChI is InChI=1S/C18H18IN3O2/c1-23-15-6-4-13(17(10-15)24-2)11-22-8-7-12-3-5-14(20)9-16(12)18(22)21-19/h3-10H,11,20H2,1-2H3. The van der Waals surface area contributed by atoms with Crippen LogP contribution in [0.3, 0.4) is 0 Å². The van der Waals surface area contributed by atoms with E-state index >= 15 is 0 Å². The summed E-state index contributed by atoms with van der Waals surface area (Å²) < 4.78 is 17.3. The van der Waals surface area contributed by atoms with Crippen molar-refractivity contribution >= 4 is 39.3 Å². The second-order valence-electron chi connectivity index (χ2n) is 5.38. The van der Waals surface area contributed by atoms with Crippen molar-refractivity contribution in [1.82, 2.24) is 4.57 Å². The Bertz CT molecular complexity index is 951. The van der Waals surface area contributed by atoms with Gasteiger partial charge in [-0.15, -0.1) is 0 Å². The highest BCUT2D eigenvalue weighted by Gasteiger charge is 2.08. The molecule has 6 heteroatoms. The third-order valence-electron chi connectivity index (χ3n) is 3.94. The number of hydrogen-bond acceptors (Lipinski definition) is 4. The summed E-state index contributed by atoms with van der Waals surface area (Å²) in [6.07, 6.45) is 2.03. The fourth-order valence-corrected chi connectivity index (χ4v) is 3.23. The minimum Gasteiger partial charge on any atom is -0.497 e. The van der Waals surface area contributed by atoms with E-state index in [0.29, 0.717) is 6.54 Å². The van der Waals surface area contributed by atoms with Gasteiger partial charge in [-0.2, -0.15) is 3.21 Å². The van der Waals surface area contributed by atoms with Crippen molar-refractivity contribution in [2.45, 2.75) is 6.54 Å². The summed E-state index contributed by atoms with van der Waals surface area (Å²) in [6, 6.07) is 13.7. The third-order valence-corrected chi connectivity index (χ3v) is 4.40. The average molecular weight is 435 g/mol. The van der Waals surface area contributed by atoms with Gasteiger partial charge < -0.3 is 19.8 Å². The molecule has 0 aliphatic heterocycles. The Kier molecular flexibility index (Phi) is 4.94. The van der Waals surface area contributed by atoms with Gasteiger partial charge in [-0.05, 0) is 35.7 Å². The normalized spacial score (nSPS) is 11.7. The Labute approximate surface area is 154 Å². The lowest BCUT2D eigenvalue weighted by Crippen LogP contribution is -2.21. The van der Waals surface area contributed by atoms with Crippen LogP contribution in [0.2, 0.25) is 0 Å².